The fourth-order valence-electron chi connectivity index (χ4n) is 3.22. The lowest BCUT2D eigenvalue weighted by molar-refractivity contribution is 0.306. The maximum absolute atomic E-state index is 12.8. The van der Waals surface area contributed by atoms with Crippen molar-refractivity contribution in [1.29, 1.82) is 0 Å². The molecule has 5 aromatic rings. The Kier molecular flexibility index (Phi) is 5.47. The van der Waals surface area contributed by atoms with E-state index in [9.17, 15) is 4.79 Å². The van der Waals surface area contributed by atoms with Crippen LogP contribution in [-0.2, 0) is 6.61 Å². The average Bonchev–Trinajstić information content (AvgIpc) is 3.34. The summed E-state index contributed by atoms with van der Waals surface area (Å²) in [5.41, 5.74) is 3.89. The standard InChI is InChI=1S/C25H18ClN3O2S/c1-16-2-4-18(5-3-16)15-31-21-12-6-17(7-13-21)14-22-24(30)29-25(32-22)27-23(28-29)19-8-10-20(26)11-9-19/h2-14H,15H2,1H3/b22-14-. The van der Waals surface area contributed by atoms with Crippen LogP contribution >= 0.6 is 22.9 Å². The molecule has 32 heavy (non-hydrogen) atoms. The summed E-state index contributed by atoms with van der Waals surface area (Å²) < 4.78 is 7.78. The van der Waals surface area contributed by atoms with Crippen LogP contribution in [0.1, 0.15) is 16.7 Å². The van der Waals surface area contributed by atoms with Crippen molar-refractivity contribution < 1.29 is 4.74 Å². The Labute approximate surface area is 193 Å². The first-order chi connectivity index (χ1) is 15.5. The van der Waals surface area contributed by atoms with Crippen molar-refractivity contribution in [3.8, 4) is 17.1 Å². The van der Waals surface area contributed by atoms with Gasteiger partial charge >= 0.3 is 0 Å². The number of thiazole rings is 1. The molecular formula is C25H18ClN3O2S. The maximum atomic E-state index is 12.8. The molecular weight excluding hydrogens is 442 g/mol. The van der Waals surface area contributed by atoms with Crippen LogP contribution in [0, 0.1) is 6.92 Å². The van der Waals surface area contributed by atoms with Crippen LogP contribution in [0.25, 0.3) is 22.4 Å². The minimum absolute atomic E-state index is 0.183. The van der Waals surface area contributed by atoms with E-state index in [0.717, 1.165) is 22.4 Å². The van der Waals surface area contributed by atoms with Crippen molar-refractivity contribution >= 4 is 34.0 Å². The van der Waals surface area contributed by atoms with E-state index in [4.69, 9.17) is 16.3 Å². The van der Waals surface area contributed by atoms with E-state index >= 15 is 0 Å². The van der Waals surface area contributed by atoms with Gasteiger partial charge < -0.3 is 4.74 Å². The summed E-state index contributed by atoms with van der Waals surface area (Å²) in [6.07, 6.45) is 1.84. The van der Waals surface area contributed by atoms with E-state index in [0.29, 0.717) is 26.9 Å². The van der Waals surface area contributed by atoms with Gasteiger partial charge in [0.15, 0.2) is 5.82 Å². The van der Waals surface area contributed by atoms with Gasteiger partial charge in [-0.15, -0.1) is 5.10 Å². The predicted molar refractivity (Wildman–Crippen MR) is 128 cm³/mol. The van der Waals surface area contributed by atoms with Gasteiger partial charge in [-0.25, -0.2) is 0 Å². The van der Waals surface area contributed by atoms with Crippen LogP contribution < -0.4 is 14.8 Å². The van der Waals surface area contributed by atoms with Gasteiger partial charge in [-0.1, -0.05) is 64.9 Å². The molecule has 0 fully saturated rings. The van der Waals surface area contributed by atoms with Crippen molar-refractivity contribution in [2.75, 3.05) is 0 Å². The summed E-state index contributed by atoms with van der Waals surface area (Å²) in [6.45, 7) is 2.57. The fraction of sp³-hybridized carbons (Fsp3) is 0.0800. The maximum Gasteiger partial charge on any atom is 0.291 e. The molecule has 0 amide bonds. The van der Waals surface area contributed by atoms with E-state index < -0.39 is 0 Å². The molecule has 0 aliphatic rings. The van der Waals surface area contributed by atoms with Gasteiger partial charge in [-0.05, 0) is 60.5 Å². The summed E-state index contributed by atoms with van der Waals surface area (Å²) in [6, 6.07) is 23.2. The highest BCUT2D eigenvalue weighted by atomic mass is 35.5. The van der Waals surface area contributed by atoms with Crippen LogP contribution in [-0.4, -0.2) is 14.6 Å². The highest BCUT2D eigenvalue weighted by molar-refractivity contribution is 7.15. The van der Waals surface area contributed by atoms with Gasteiger partial charge in [0.05, 0.1) is 4.53 Å². The molecule has 5 rings (SSSR count). The SMILES string of the molecule is Cc1ccc(COc2ccc(/C=c3\sc4nc(-c5ccc(Cl)cc5)nn4c3=O)cc2)cc1. The molecule has 0 saturated carbocycles. The first kappa shape index (κ1) is 20.4. The Morgan fingerprint density at radius 2 is 1.72 bits per heavy atom. The number of nitrogens with zero attached hydrogens (tertiary/aromatic N) is 3. The zero-order valence-corrected chi connectivity index (χ0v) is 18.7. The average molecular weight is 460 g/mol. The molecule has 0 spiro atoms. The van der Waals surface area contributed by atoms with Crippen LogP contribution in [0.15, 0.2) is 77.6 Å². The fourth-order valence-corrected chi connectivity index (χ4v) is 4.25. The normalized spacial score (nSPS) is 11.9. The second kappa shape index (κ2) is 8.57. The van der Waals surface area contributed by atoms with E-state index in [1.807, 2.05) is 42.5 Å². The van der Waals surface area contributed by atoms with E-state index in [1.54, 1.807) is 12.1 Å². The van der Waals surface area contributed by atoms with Crippen LogP contribution in [0.2, 0.25) is 5.02 Å². The quantitative estimate of drug-likeness (QED) is 0.375. The topological polar surface area (TPSA) is 56.5 Å². The minimum Gasteiger partial charge on any atom is -0.489 e. The lowest BCUT2D eigenvalue weighted by Gasteiger charge is -2.06. The zero-order chi connectivity index (χ0) is 22.1. The van der Waals surface area contributed by atoms with E-state index in [-0.39, 0.29) is 5.56 Å². The number of rotatable bonds is 5. The molecule has 158 valence electrons. The third-order valence-electron chi connectivity index (χ3n) is 4.99. The number of fused-ring (bicyclic) bond motifs is 1. The Morgan fingerprint density at radius 3 is 2.41 bits per heavy atom. The molecule has 5 nitrogen and oxygen atoms in total. The largest absolute Gasteiger partial charge is 0.489 e. The molecule has 3 aromatic carbocycles. The van der Waals surface area contributed by atoms with E-state index in [1.165, 1.54) is 21.4 Å². The molecule has 0 aliphatic heterocycles. The van der Waals surface area contributed by atoms with Gasteiger partial charge in [0.2, 0.25) is 4.96 Å². The van der Waals surface area contributed by atoms with Gasteiger partial charge in [0.25, 0.3) is 5.56 Å². The van der Waals surface area contributed by atoms with Crippen LogP contribution in [0.4, 0.5) is 0 Å². The summed E-state index contributed by atoms with van der Waals surface area (Å²) in [4.78, 5) is 17.8. The molecule has 0 radical (unpaired) electrons. The summed E-state index contributed by atoms with van der Waals surface area (Å²) in [5.74, 6) is 1.28. The minimum atomic E-state index is -0.183. The number of aryl methyl sites for hydroxylation is 1. The zero-order valence-electron chi connectivity index (χ0n) is 17.2. The Balaban J connectivity index is 1.35. The van der Waals surface area contributed by atoms with Crippen LogP contribution in [0.3, 0.4) is 0 Å². The molecule has 2 aromatic heterocycles. The molecule has 0 unspecified atom stereocenters. The monoisotopic (exact) mass is 459 g/mol. The summed E-state index contributed by atoms with van der Waals surface area (Å²) in [5, 5.41) is 5.01. The number of halogens is 1. The second-order valence-electron chi connectivity index (χ2n) is 7.40. The van der Waals surface area contributed by atoms with Crippen molar-refractivity contribution in [2.45, 2.75) is 13.5 Å². The van der Waals surface area contributed by atoms with Gasteiger partial charge in [-0.3, -0.25) is 4.79 Å². The number of benzene rings is 3. The number of hydrogen-bond acceptors (Lipinski definition) is 5. The smallest absolute Gasteiger partial charge is 0.291 e. The van der Waals surface area contributed by atoms with Gasteiger partial charge in [0.1, 0.15) is 12.4 Å². The van der Waals surface area contributed by atoms with Crippen molar-refractivity contribution in [3.05, 3.63) is 109 Å². The molecule has 0 aliphatic carbocycles. The van der Waals surface area contributed by atoms with Gasteiger partial charge in [0, 0.05) is 10.6 Å². The Hall–Kier alpha value is -3.48. The van der Waals surface area contributed by atoms with Crippen molar-refractivity contribution in [3.63, 3.8) is 0 Å². The van der Waals surface area contributed by atoms with E-state index in [2.05, 4.69) is 41.3 Å². The molecule has 0 N–H and O–H groups in total. The molecule has 0 bridgehead atoms. The lowest BCUT2D eigenvalue weighted by atomic mass is 10.2. The summed E-state index contributed by atoms with van der Waals surface area (Å²) in [7, 11) is 0. The first-order valence-corrected chi connectivity index (χ1v) is 11.2. The third kappa shape index (κ3) is 4.28. The van der Waals surface area contributed by atoms with Crippen molar-refractivity contribution in [1.82, 2.24) is 14.6 Å². The molecule has 0 saturated heterocycles. The Bertz CT molecular complexity index is 1490. The van der Waals surface area contributed by atoms with Gasteiger partial charge in [-0.2, -0.15) is 9.50 Å². The van der Waals surface area contributed by atoms with Crippen LogP contribution in [0.5, 0.6) is 5.75 Å². The molecule has 0 atom stereocenters. The number of ether oxygens (including phenoxy) is 1. The third-order valence-corrected chi connectivity index (χ3v) is 6.20. The first-order valence-electron chi connectivity index (χ1n) is 10.0. The molecule has 7 heteroatoms. The number of aromatic nitrogens is 3. The predicted octanol–water partition coefficient (Wildman–Crippen LogP) is 4.91. The number of hydrogen-bond donors (Lipinski definition) is 0. The lowest BCUT2D eigenvalue weighted by Crippen LogP contribution is -2.23. The summed E-state index contributed by atoms with van der Waals surface area (Å²) >= 11 is 7.25. The molecule has 2 heterocycles. The second-order valence-corrected chi connectivity index (χ2v) is 8.84. The Morgan fingerprint density at radius 1 is 1.00 bits per heavy atom. The van der Waals surface area contributed by atoms with Crippen molar-refractivity contribution in [2.24, 2.45) is 0 Å². The highest BCUT2D eigenvalue weighted by Crippen LogP contribution is 2.19. The highest BCUT2D eigenvalue weighted by Gasteiger charge is 2.12.